The van der Waals surface area contributed by atoms with E-state index < -0.39 is 11.9 Å². The fourth-order valence-corrected chi connectivity index (χ4v) is 3.76. The van der Waals surface area contributed by atoms with E-state index in [1.807, 2.05) is 6.92 Å². The first kappa shape index (κ1) is 20.4. The summed E-state index contributed by atoms with van der Waals surface area (Å²) in [6.45, 7) is 3.62. The van der Waals surface area contributed by atoms with Crippen LogP contribution in [0.4, 0.5) is 0 Å². The highest BCUT2D eigenvalue weighted by Gasteiger charge is 2.18. The topological polar surface area (TPSA) is 99.6 Å². The maximum atomic E-state index is 12.3. The Morgan fingerprint density at radius 3 is 2.43 bits per heavy atom. The van der Waals surface area contributed by atoms with Crippen LogP contribution < -0.4 is 10.5 Å². The minimum Gasteiger partial charge on any atom is -0.423 e. The van der Waals surface area contributed by atoms with E-state index in [2.05, 4.69) is 10.1 Å². The molecule has 3 rings (SSSR count). The van der Waals surface area contributed by atoms with Gasteiger partial charge in [-0.1, -0.05) is 34.8 Å². The van der Waals surface area contributed by atoms with Crippen LogP contribution in [0.3, 0.4) is 0 Å². The number of benzene rings is 1. The Kier molecular flexibility index (Phi) is 5.79. The van der Waals surface area contributed by atoms with E-state index in [9.17, 15) is 9.59 Å². The largest absolute Gasteiger partial charge is 0.423 e. The fraction of sp³-hybridized carbons (Fsp3) is 0.222. The average molecular weight is 442 g/mol. The zero-order valence-corrected chi connectivity index (χ0v) is 17.2. The van der Waals surface area contributed by atoms with Crippen LogP contribution in [0.5, 0.6) is 5.75 Å². The molecule has 28 heavy (non-hydrogen) atoms. The summed E-state index contributed by atoms with van der Waals surface area (Å²) in [5.41, 5.74) is 8.21. The number of carbonyl (C=O) groups excluding carboxylic acids is 2. The Morgan fingerprint density at radius 1 is 1.18 bits per heavy atom. The molecule has 3 aromatic rings. The van der Waals surface area contributed by atoms with Gasteiger partial charge in [0.25, 0.3) is 5.91 Å². The van der Waals surface area contributed by atoms with Crippen molar-refractivity contribution in [2.45, 2.75) is 26.7 Å². The third-order valence-electron chi connectivity index (χ3n) is 4.23. The SMILES string of the molecule is Cc1nc2c(C(N)=O)cnn2c(C)c1CCC(=O)Oc1c(Cl)cc(Cl)cc1Cl. The predicted octanol–water partition coefficient (Wildman–Crippen LogP) is 3.94. The number of nitrogens with zero attached hydrogens (tertiary/aromatic N) is 3. The van der Waals surface area contributed by atoms with Gasteiger partial charge in [0.1, 0.15) is 5.56 Å². The van der Waals surface area contributed by atoms with Crippen molar-refractivity contribution in [3.8, 4) is 5.75 Å². The Morgan fingerprint density at radius 2 is 1.82 bits per heavy atom. The van der Waals surface area contributed by atoms with E-state index in [-0.39, 0.29) is 27.8 Å². The van der Waals surface area contributed by atoms with E-state index in [1.165, 1.54) is 22.8 Å². The summed E-state index contributed by atoms with van der Waals surface area (Å²) < 4.78 is 6.82. The lowest BCUT2D eigenvalue weighted by Crippen LogP contribution is -2.14. The van der Waals surface area contributed by atoms with Gasteiger partial charge in [-0.2, -0.15) is 5.10 Å². The summed E-state index contributed by atoms with van der Waals surface area (Å²) in [4.78, 5) is 28.2. The van der Waals surface area contributed by atoms with Gasteiger partial charge in [0.2, 0.25) is 0 Å². The van der Waals surface area contributed by atoms with Crippen molar-refractivity contribution < 1.29 is 14.3 Å². The molecule has 0 saturated carbocycles. The van der Waals surface area contributed by atoms with Gasteiger partial charge in [0, 0.05) is 16.4 Å². The number of aromatic nitrogens is 3. The van der Waals surface area contributed by atoms with Gasteiger partial charge in [-0.25, -0.2) is 9.50 Å². The van der Waals surface area contributed by atoms with Crippen LogP contribution in [-0.2, 0) is 11.2 Å². The first-order valence-electron chi connectivity index (χ1n) is 8.18. The summed E-state index contributed by atoms with van der Waals surface area (Å²) >= 11 is 17.9. The Bertz CT molecular complexity index is 1090. The molecule has 10 heteroatoms. The van der Waals surface area contributed by atoms with Crippen molar-refractivity contribution in [1.29, 1.82) is 0 Å². The van der Waals surface area contributed by atoms with Gasteiger partial charge in [-0.05, 0) is 38.0 Å². The fourth-order valence-electron chi connectivity index (χ4n) is 2.87. The lowest BCUT2D eigenvalue weighted by atomic mass is 10.1. The monoisotopic (exact) mass is 440 g/mol. The first-order chi connectivity index (χ1) is 13.2. The molecule has 0 bridgehead atoms. The lowest BCUT2D eigenvalue weighted by Gasteiger charge is -2.12. The number of halogens is 3. The molecule has 0 unspecified atom stereocenters. The van der Waals surface area contributed by atoms with Crippen LogP contribution in [0, 0.1) is 13.8 Å². The van der Waals surface area contributed by atoms with Crippen LogP contribution in [0.15, 0.2) is 18.3 Å². The number of esters is 1. The molecule has 1 aromatic carbocycles. The number of primary amides is 1. The predicted molar refractivity (Wildman–Crippen MR) is 106 cm³/mol. The molecule has 2 aromatic heterocycles. The van der Waals surface area contributed by atoms with Crippen LogP contribution in [0.25, 0.3) is 5.65 Å². The normalized spacial score (nSPS) is 11.0. The quantitative estimate of drug-likeness (QED) is 0.477. The highest BCUT2D eigenvalue weighted by Crippen LogP contribution is 2.36. The van der Waals surface area contributed by atoms with Gasteiger partial charge in [-0.3, -0.25) is 9.59 Å². The standard InChI is InChI=1S/C18H15Cl3N4O3/c1-8-11(9(2)25-18(24-8)12(7-23-25)17(22)27)3-4-15(26)28-16-13(20)5-10(19)6-14(16)21/h5-7H,3-4H2,1-2H3,(H2,22,27). The van der Waals surface area contributed by atoms with Crippen LogP contribution in [0.2, 0.25) is 15.1 Å². The molecule has 0 aliphatic rings. The number of hydrogen-bond acceptors (Lipinski definition) is 5. The van der Waals surface area contributed by atoms with Crippen molar-refractivity contribution >= 4 is 52.3 Å². The molecule has 146 valence electrons. The molecule has 0 spiro atoms. The van der Waals surface area contributed by atoms with E-state index in [4.69, 9.17) is 45.3 Å². The summed E-state index contributed by atoms with van der Waals surface area (Å²) in [6, 6.07) is 2.88. The Labute approximate surface area is 175 Å². The highest BCUT2D eigenvalue weighted by atomic mass is 35.5. The first-order valence-corrected chi connectivity index (χ1v) is 9.31. The van der Waals surface area contributed by atoms with Crippen molar-refractivity contribution in [3.05, 3.63) is 55.9 Å². The number of amides is 1. The number of hydrogen-bond donors (Lipinski definition) is 1. The van der Waals surface area contributed by atoms with E-state index in [0.717, 1.165) is 11.3 Å². The molecule has 0 radical (unpaired) electrons. The summed E-state index contributed by atoms with van der Waals surface area (Å²) in [5, 5.41) is 4.80. The van der Waals surface area contributed by atoms with Gasteiger partial charge < -0.3 is 10.5 Å². The molecule has 2 heterocycles. The molecule has 7 nitrogen and oxygen atoms in total. The van der Waals surface area contributed by atoms with Gasteiger partial charge in [-0.15, -0.1) is 0 Å². The number of ether oxygens (including phenoxy) is 1. The summed E-state index contributed by atoms with van der Waals surface area (Å²) in [5.74, 6) is -1.05. The third kappa shape index (κ3) is 3.92. The van der Waals surface area contributed by atoms with Gasteiger partial charge >= 0.3 is 5.97 Å². The lowest BCUT2D eigenvalue weighted by molar-refractivity contribution is -0.134. The second-order valence-electron chi connectivity index (χ2n) is 6.09. The van der Waals surface area contributed by atoms with Crippen LogP contribution in [-0.4, -0.2) is 26.5 Å². The Hall–Kier alpha value is -2.35. The highest BCUT2D eigenvalue weighted by molar-refractivity contribution is 6.40. The number of aryl methyl sites for hydroxylation is 2. The minimum atomic E-state index is -0.602. The number of nitrogens with two attached hydrogens (primary N) is 1. The van der Waals surface area contributed by atoms with Crippen LogP contribution in [0.1, 0.15) is 33.7 Å². The maximum absolute atomic E-state index is 12.3. The summed E-state index contributed by atoms with van der Waals surface area (Å²) in [6.07, 6.45) is 1.79. The zero-order valence-electron chi connectivity index (χ0n) is 14.9. The second kappa shape index (κ2) is 7.95. The van der Waals surface area contributed by atoms with Gasteiger partial charge in [0.15, 0.2) is 11.4 Å². The number of fused-ring (bicyclic) bond motifs is 1. The molecule has 0 fully saturated rings. The van der Waals surface area contributed by atoms with Crippen molar-refractivity contribution in [2.24, 2.45) is 5.73 Å². The molecular weight excluding hydrogens is 427 g/mol. The summed E-state index contributed by atoms with van der Waals surface area (Å²) in [7, 11) is 0. The molecule has 2 N–H and O–H groups in total. The molecule has 0 atom stereocenters. The van der Waals surface area contributed by atoms with Crippen molar-refractivity contribution in [1.82, 2.24) is 14.6 Å². The van der Waals surface area contributed by atoms with E-state index >= 15 is 0 Å². The minimum absolute atomic E-state index is 0.0636. The molecule has 1 amide bonds. The number of rotatable bonds is 5. The smallest absolute Gasteiger partial charge is 0.311 e. The Balaban J connectivity index is 1.80. The number of carbonyl (C=O) groups is 2. The molecule has 0 saturated heterocycles. The average Bonchev–Trinajstić information content (AvgIpc) is 3.02. The zero-order chi connectivity index (χ0) is 20.6. The second-order valence-corrected chi connectivity index (χ2v) is 7.34. The molecule has 0 aliphatic heterocycles. The van der Waals surface area contributed by atoms with E-state index in [0.29, 0.717) is 22.8 Å². The van der Waals surface area contributed by atoms with Gasteiger partial charge in [0.05, 0.1) is 22.7 Å². The van der Waals surface area contributed by atoms with Crippen molar-refractivity contribution in [2.75, 3.05) is 0 Å². The third-order valence-corrected chi connectivity index (χ3v) is 5.01. The molecular formula is C18H15Cl3N4O3. The van der Waals surface area contributed by atoms with Crippen molar-refractivity contribution in [3.63, 3.8) is 0 Å². The van der Waals surface area contributed by atoms with E-state index in [1.54, 1.807) is 6.92 Å². The molecule has 0 aliphatic carbocycles. The maximum Gasteiger partial charge on any atom is 0.311 e. The van der Waals surface area contributed by atoms with Crippen LogP contribution >= 0.6 is 34.8 Å².